The molecule has 1 N–H and O–H groups in total. The number of sulfone groups is 1. The Bertz CT molecular complexity index is 882. The molecule has 0 spiro atoms. The van der Waals surface area contributed by atoms with E-state index in [9.17, 15) is 8.42 Å². The Labute approximate surface area is 191 Å². The molecule has 0 aliphatic carbocycles. The van der Waals surface area contributed by atoms with Gasteiger partial charge in [-0.05, 0) is 43.7 Å². The van der Waals surface area contributed by atoms with Crippen LogP contribution in [0.25, 0.3) is 0 Å². The highest BCUT2D eigenvalue weighted by molar-refractivity contribution is 14.0. The molecule has 29 heavy (non-hydrogen) atoms. The zero-order valence-corrected chi connectivity index (χ0v) is 20.5. The molecule has 0 atom stereocenters. The summed E-state index contributed by atoms with van der Waals surface area (Å²) in [4.78, 5) is 6.97. The van der Waals surface area contributed by atoms with Crippen LogP contribution in [0.15, 0.2) is 58.4 Å². The van der Waals surface area contributed by atoms with Crippen molar-refractivity contribution in [2.45, 2.75) is 25.3 Å². The number of halogens is 1. The van der Waals surface area contributed by atoms with Gasteiger partial charge in [0.05, 0.1) is 11.4 Å². The van der Waals surface area contributed by atoms with Crippen LogP contribution in [0, 0.1) is 6.92 Å². The Kier molecular flexibility index (Phi) is 10.5. The van der Waals surface area contributed by atoms with Gasteiger partial charge >= 0.3 is 0 Å². The van der Waals surface area contributed by atoms with Crippen molar-refractivity contribution in [2.24, 2.45) is 4.99 Å². The molecular formula is C21H30IN3O3S. The fourth-order valence-corrected chi connectivity index (χ4v) is 3.24. The van der Waals surface area contributed by atoms with Crippen molar-refractivity contribution in [2.75, 3.05) is 33.0 Å². The molecule has 0 unspecified atom stereocenters. The minimum absolute atomic E-state index is 0. The molecular weight excluding hydrogens is 501 g/mol. The second kappa shape index (κ2) is 12.0. The van der Waals surface area contributed by atoms with Crippen LogP contribution in [0.3, 0.4) is 0 Å². The van der Waals surface area contributed by atoms with Gasteiger partial charge in [0.15, 0.2) is 15.8 Å². The maximum atomic E-state index is 11.5. The highest BCUT2D eigenvalue weighted by atomic mass is 127. The first-order chi connectivity index (χ1) is 13.3. The minimum atomic E-state index is -3.19. The van der Waals surface area contributed by atoms with E-state index >= 15 is 0 Å². The van der Waals surface area contributed by atoms with Crippen LogP contribution < -0.4 is 10.1 Å². The van der Waals surface area contributed by atoms with E-state index in [0.717, 1.165) is 19.0 Å². The van der Waals surface area contributed by atoms with Gasteiger partial charge in [-0.25, -0.2) is 13.4 Å². The van der Waals surface area contributed by atoms with Crippen molar-refractivity contribution in [3.8, 4) is 5.75 Å². The van der Waals surface area contributed by atoms with E-state index in [1.807, 2.05) is 14.0 Å². The summed E-state index contributed by atoms with van der Waals surface area (Å²) in [5, 5.41) is 3.29. The molecule has 2 rings (SSSR count). The molecule has 0 saturated carbocycles. The predicted octanol–water partition coefficient (Wildman–Crippen LogP) is 3.49. The molecule has 6 nitrogen and oxygen atoms in total. The molecule has 0 radical (unpaired) electrons. The standard InChI is InChI=1S/C21H29N3O3S.HI/c1-5-22-21(24(3)16-18-8-6-17(2)7-9-18)23-14-15-27-19-10-12-20(13-11-19)28(4,25)26;/h6-13H,5,14-16H2,1-4H3,(H,22,23);1H. The molecule has 8 heteroatoms. The lowest BCUT2D eigenvalue weighted by Gasteiger charge is -2.22. The first-order valence-electron chi connectivity index (χ1n) is 9.27. The van der Waals surface area contributed by atoms with Gasteiger partial charge < -0.3 is 15.0 Å². The van der Waals surface area contributed by atoms with Crippen LogP contribution in [-0.2, 0) is 16.4 Å². The lowest BCUT2D eigenvalue weighted by Crippen LogP contribution is -2.38. The number of guanidine groups is 1. The third-order valence-electron chi connectivity index (χ3n) is 4.11. The summed E-state index contributed by atoms with van der Waals surface area (Å²) in [6.07, 6.45) is 1.19. The monoisotopic (exact) mass is 531 g/mol. The van der Waals surface area contributed by atoms with E-state index in [1.54, 1.807) is 24.3 Å². The number of aliphatic imine (C=N–C) groups is 1. The van der Waals surface area contributed by atoms with Gasteiger partial charge in [0, 0.05) is 26.4 Å². The van der Waals surface area contributed by atoms with E-state index in [-0.39, 0.29) is 28.9 Å². The summed E-state index contributed by atoms with van der Waals surface area (Å²) in [7, 11) is -1.19. The number of benzene rings is 2. The number of nitrogens with zero attached hydrogens (tertiary/aromatic N) is 2. The summed E-state index contributed by atoms with van der Waals surface area (Å²) in [6.45, 7) is 6.56. The van der Waals surface area contributed by atoms with Crippen LogP contribution in [0.1, 0.15) is 18.1 Å². The molecule has 2 aromatic rings. The summed E-state index contributed by atoms with van der Waals surface area (Å²) >= 11 is 0. The SMILES string of the molecule is CCNC(=NCCOc1ccc(S(C)(=O)=O)cc1)N(C)Cc1ccc(C)cc1.I. The zero-order valence-electron chi connectivity index (χ0n) is 17.4. The van der Waals surface area contributed by atoms with Gasteiger partial charge in [-0.15, -0.1) is 24.0 Å². The van der Waals surface area contributed by atoms with Gasteiger partial charge in [0.2, 0.25) is 0 Å². The Morgan fingerprint density at radius 3 is 2.28 bits per heavy atom. The van der Waals surface area contributed by atoms with Crippen molar-refractivity contribution in [3.05, 3.63) is 59.7 Å². The van der Waals surface area contributed by atoms with Crippen molar-refractivity contribution in [3.63, 3.8) is 0 Å². The molecule has 0 aliphatic heterocycles. The minimum Gasteiger partial charge on any atom is -0.492 e. The maximum absolute atomic E-state index is 11.5. The van der Waals surface area contributed by atoms with E-state index in [4.69, 9.17) is 4.74 Å². The van der Waals surface area contributed by atoms with Gasteiger partial charge in [0.25, 0.3) is 0 Å². The normalized spacial score (nSPS) is 11.5. The third-order valence-corrected chi connectivity index (χ3v) is 5.24. The summed E-state index contributed by atoms with van der Waals surface area (Å²) in [5.41, 5.74) is 2.47. The van der Waals surface area contributed by atoms with Crippen molar-refractivity contribution in [1.82, 2.24) is 10.2 Å². The number of nitrogens with one attached hydrogen (secondary N) is 1. The van der Waals surface area contributed by atoms with Gasteiger partial charge in [-0.1, -0.05) is 29.8 Å². The highest BCUT2D eigenvalue weighted by Gasteiger charge is 2.08. The first kappa shape index (κ1) is 25.2. The smallest absolute Gasteiger partial charge is 0.194 e. The van der Waals surface area contributed by atoms with Crippen LogP contribution in [0.5, 0.6) is 5.75 Å². The fraction of sp³-hybridized carbons (Fsp3) is 0.381. The van der Waals surface area contributed by atoms with E-state index in [2.05, 4.69) is 46.4 Å². The summed E-state index contributed by atoms with van der Waals surface area (Å²) in [6, 6.07) is 14.9. The van der Waals surface area contributed by atoms with Gasteiger partial charge in [0.1, 0.15) is 12.4 Å². The van der Waals surface area contributed by atoms with Crippen molar-refractivity contribution >= 4 is 39.8 Å². The topological polar surface area (TPSA) is 71.0 Å². The first-order valence-corrected chi connectivity index (χ1v) is 11.2. The van der Waals surface area contributed by atoms with Crippen LogP contribution in [0.4, 0.5) is 0 Å². The number of ether oxygens (including phenoxy) is 1. The Morgan fingerprint density at radius 2 is 1.72 bits per heavy atom. The molecule has 2 aromatic carbocycles. The molecule has 0 saturated heterocycles. The van der Waals surface area contributed by atoms with E-state index in [0.29, 0.717) is 18.9 Å². The molecule has 0 fully saturated rings. The van der Waals surface area contributed by atoms with Crippen molar-refractivity contribution in [1.29, 1.82) is 0 Å². The molecule has 0 heterocycles. The van der Waals surface area contributed by atoms with Crippen LogP contribution in [-0.4, -0.2) is 52.3 Å². The molecule has 0 amide bonds. The second-order valence-electron chi connectivity index (χ2n) is 6.67. The van der Waals surface area contributed by atoms with Crippen LogP contribution in [0.2, 0.25) is 0 Å². The van der Waals surface area contributed by atoms with Gasteiger partial charge in [-0.3, -0.25) is 0 Å². The lowest BCUT2D eigenvalue weighted by molar-refractivity contribution is 0.327. The predicted molar refractivity (Wildman–Crippen MR) is 129 cm³/mol. The van der Waals surface area contributed by atoms with Crippen molar-refractivity contribution < 1.29 is 13.2 Å². The number of hydrogen-bond donors (Lipinski definition) is 1. The molecule has 0 aromatic heterocycles. The maximum Gasteiger partial charge on any atom is 0.194 e. The van der Waals surface area contributed by atoms with Crippen LogP contribution >= 0.6 is 24.0 Å². The number of hydrogen-bond acceptors (Lipinski definition) is 4. The average Bonchev–Trinajstić information content (AvgIpc) is 2.65. The zero-order chi connectivity index (χ0) is 20.6. The molecule has 0 bridgehead atoms. The summed E-state index contributed by atoms with van der Waals surface area (Å²) in [5.74, 6) is 1.44. The Hall–Kier alpha value is -1.81. The Balaban J connectivity index is 0.00000420. The third kappa shape index (κ3) is 8.61. The summed E-state index contributed by atoms with van der Waals surface area (Å²) < 4.78 is 28.6. The fourth-order valence-electron chi connectivity index (χ4n) is 2.61. The van der Waals surface area contributed by atoms with E-state index < -0.39 is 9.84 Å². The van der Waals surface area contributed by atoms with Gasteiger partial charge in [-0.2, -0.15) is 0 Å². The molecule has 160 valence electrons. The average molecular weight is 531 g/mol. The quantitative estimate of drug-likeness (QED) is 0.245. The Morgan fingerprint density at radius 1 is 1.10 bits per heavy atom. The lowest BCUT2D eigenvalue weighted by atomic mass is 10.1. The molecule has 0 aliphatic rings. The number of aryl methyl sites for hydroxylation is 1. The highest BCUT2D eigenvalue weighted by Crippen LogP contribution is 2.15. The second-order valence-corrected chi connectivity index (χ2v) is 8.69. The van der Waals surface area contributed by atoms with E-state index in [1.165, 1.54) is 17.4 Å². The number of rotatable bonds is 8. The largest absolute Gasteiger partial charge is 0.492 e.